The van der Waals surface area contributed by atoms with E-state index in [1.807, 2.05) is 11.0 Å². The van der Waals surface area contributed by atoms with Crippen LogP contribution in [-0.2, 0) is 11.3 Å². The molecule has 0 bridgehead atoms. The van der Waals surface area contributed by atoms with Crippen molar-refractivity contribution in [2.75, 3.05) is 6.54 Å². The second-order valence-corrected chi connectivity index (χ2v) is 6.66. The van der Waals surface area contributed by atoms with Crippen LogP contribution in [0.1, 0.15) is 51.9 Å². The second-order valence-electron chi connectivity index (χ2n) is 6.66. The summed E-state index contributed by atoms with van der Waals surface area (Å²) < 4.78 is 2.33. The van der Waals surface area contributed by atoms with E-state index >= 15 is 0 Å². The van der Waals surface area contributed by atoms with Crippen molar-refractivity contribution in [2.24, 2.45) is 5.92 Å². The van der Waals surface area contributed by atoms with Gasteiger partial charge in [-0.25, -0.2) is 4.98 Å². The van der Waals surface area contributed by atoms with Crippen LogP contribution in [0.4, 0.5) is 0 Å². The quantitative estimate of drug-likeness (QED) is 0.862. The molecular formula is C18H25N3O. The summed E-state index contributed by atoms with van der Waals surface area (Å²) in [6, 6.07) is 8.44. The van der Waals surface area contributed by atoms with Gasteiger partial charge in [-0.1, -0.05) is 26.0 Å². The van der Waals surface area contributed by atoms with Crippen LogP contribution in [0.15, 0.2) is 24.3 Å². The lowest BCUT2D eigenvalue weighted by molar-refractivity contribution is -0.129. The molecule has 1 aliphatic heterocycles. The number of benzene rings is 1. The average Bonchev–Trinajstić information content (AvgIpc) is 3.09. The molecule has 0 unspecified atom stereocenters. The first-order valence-corrected chi connectivity index (χ1v) is 8.30. The van der Waals surface area contributed by atoms with Crippen LogP contribution in [0.3, 0.4) is 0 Å². The summed E-state index contributed by atoms with van der Waals surface area (Å²) in [4.78, 5) is 18.8. The minimum absolute atomic E-state index is 0.136. The molecule has 1 aromatic heterocycles. The molecule has 1 atom stereocenters. The van der Waals surface area contributed by atoms with Crippen molar-refractivity contribution in [3.05, 3.63) is 30.1 Å². The maximum atomic E-state index is 11.9. The first-order valence-electron chi connectivity index (χ1n) is 8.30. The van der Waals surface area contributed by atoms with E-state index in [-0.39, 0.29) is 11.9 Å². The van der Waals surface area contributed by atoms with Crippen LogP contribution in [0, 0.1) is 5.92 Å². The van der Waals surface area contributed by atoms with Gasteiger partial charge in [-0.3, -0.25) is 4.79 Å². The van der Waals surface area contributed by atoms with Gasteiger partial charge in [-0.15, -0.1) is 0 Å². The number of hydrogen-bond acceptors (Lipinski definition) is 2. The Labute approximate surface area is 132 Å². The fourth-order valence-corrected chi connectivity index (χ4v) is 3.38. The summed E-state index contributed by atoms with van der Waals surface area (Å²) in [7, 11) is 0. The van der Waals surface area contributed by atoms with Crippen molar-refractivity contribution in [3.8, 4) is 0 Å². The SMILES string of the molecule is CC(=O)N1CCC[C@H]1c1nc2ccccc2n1CCC(C)C. The zero-order chi connectivity index (χ0) is 15.7. The van der Waals surface area contributed by atoms with Gasteiger partial charge in [0.25, 0.3) is 0 Å². The van der Waals surface area contributed by atoms with Crippen molar-refractivity contribution < 1.29 is 4.79 Å². The molecular weight excluding hydrogens is 274 g/mol. The molecule has 0 N–H and O–H groups in total. The van der Waals surface area contributed by atoms with Crippen molar-refractivity contribution in [3.63, 3.8) is 0 Å². The number of fused-ring (bicyclic) bond motifs is 1. The van der Waals surface area contributed by atoms with Crippen LogP contribution in [0.25, 0.3) is 11.0 Å². The Morgan fingerprint density at radius 2 is 2.14 bits per heavy atom. The van der Waals surface area contributed by atoms with Gasteiger partial charge in [0.1, 0.15) is 5.82 Å². The maximum Gasteiger partial charge on any atom is 0.220 e. The van der Waals surface area contributed by atoms with Gasteiger partial charge in [0.05, 0.1) is 17.1 Å². The summed E-state index contributed by atoms with van der Waals surface area (Å²) in [6.45, 7) is 7.98. The maximum absolute atomic E-state index is 11.9. The number of para-hydroxylation sites is 2. The fourth-order valence-electron chi connectivity index (χ4n) is 3.38. The standard InChI is InChI=1S/C18H25N3O/c1-13(2)10-12-21-16-8-5-4-7-15(16)19-18(21)17-9-6-11-20(17)14(3)22/h4-5,7-8,13,17H,6,9-12H2,1-3H3/t17-/m0/s1. The molecule has 2 aromatic rings. The minimum Gasteiger partial charge on any atom is -0.333 e. The lowest BCUT2D eigenvalue weighted by Gasteiger charge is -2.24. The van der Waals surface area contributed by atoms with E-state index in [0.29, 0.717) is 5.92 Å². The smallest absolute Gasteiger partial charge is 0.220 e. The molecule has 0 saturated carbocycles. The highest BCUT2D eigenvalue weighted by molar-refractivity contribution is 5.77. The molecule has 118 valence electrons. The number of likely N-dealkylation sites (tertiary alicyclic amines) is 1. The Morgan fingerprint density at radius 1 is 1.36 bits per heavy atom. The summed E-state index contributed by atoms with van der Waals surface area (Å²) in [5.74, 6) is 1.88. The highest BCUT2D eigenvalue weighted by Crippen LogP contribution is 2.33. The van der Waals surface area contributed by atoms with E-state index in [1.54, 1.807) is 6.92 Å². The first kappa shape index (κ1) is 15.1. The molecule has 4 nitrogen and oxygen atoms in total. The van der Waals surface area contributed by atoms with Crippen LogP contribution in [0.2, 0.25) is 0 Å². The van der Waals surface area contributed by atoms with Crippen molar-refractivity contribution in [1.29, 1.82) is 0 Å². The Kier molecular flexibility index (Phi) is 4.19. The third kappa shape index (κ3) is 2.74. The average molecular weight is 299 g/mol. The van der Waals surface area contributed by atoms with Crippen molar-refractivity contribution >= 4 is 16.9 Å². The van der Waals surface area contributed by atoms with Crippen LogP contribution in [-0.4, -0.2) is 26.9 Å². The molecule has 2 heterocycles. The molecule has 0 spiro atoms. The predicted octanol–water partition coefficient (Wildman–Crippen LogP) is 3.77. The van der Waals surface area contributed by atoms with Crippen molar-refractivity contribution in [1.82, 2.24) is 14.5 Å². The van der Waals surface area contributed by atoms with E-state index in [1.165, 1.54) is 5.52 Å². The molecule has 1 fully saturated rings. The van der Waals surface area contributed by atoms with Gasteiger partial charge in [-0.05, 0) is 37.3 Å². The van der Waals surface area contributed by atoms with E-state index in [0.717, 1.165) is 43.7 Å². The molecule has 1 aromatic carbocycles. The number of rotatable bonds is 4. The Morgan fingerprint density at radius 3 is 2.86 bits per heavy atom. The predicted molar refractivity (Wildman–Crippen MR) is 88.6 cm³/mol. The number of imidazole rings is 1. The summed E-state index contributed by atoms with van der Waals surface area (Å²) >= 11 is 0. The van der Waals surface area contributed by atoms with Gasteiger partial charge in [-0.2, -0.15) is 0 Å². The largest absolute Gasteiger partial charge is 0.333 e. The normalized spacial score (nSPS) is 18.5. The minimum atomic E-state index is 0.136. The van der Waals surface area contributed by atoms with Crippen LogP contribution in [0.5, 0.6) is 0 Å². The monoisotopic (exact) mass is 299 g/mol. The highest BCUT2D eigenvalue weighted by atomic mass is 16.2. The van der Waals surface area contributed by atoms with E-state index in [4.69, 9.17) is 4.98 Å². The summed E-state index contributed by atoms with van der Waals surface area (Å²) in [6.07, 6.45) is 3.21. The van der Waals surface area contributed by atoms with Crippen LogP contribution < -0.4 is 0 Å². The molecule has 22 heavy (non-hydrogen) atoms. The lowest BCUT2D eigenvalue weighted by atomic mass is 10.1. The van der Waals surface area contributed by atoms with Gasteiger partial charge in [0, 0.05) is 20.0 Å². The third-order valence-electron chi connectivity index (χ3n) is 4.57. The fraction of sp³-hybridized carbons (Fsp3) is 0.556. The summed E-state index contributed by atoms with van der Waals surface area (Å²) in [5, 5.41) is 0. The highest BCUT2D eigenvalue weighted by Gasteiger charge is 2.31. The molecule has 1 amide bonds. The van der Waals surface area contributed by atoms with Gasteiger partial charge < -0.3 is 9.47 Å². The number of aromatic nitrogens is 2. The first-order chi connectivity index (χ1) is 10.6. The molecule has 1 aliphatic rings. The Bertz CT molecular complexity index is 674. The number of aryl methyl sites for hydroxylation is 1. The van der Waals surface area contributed by atoms with E-state index in [9.17, 15) is 4.79 Å². The van der Waals surface area contributed by atoms with Gasteiger partial charge in [0.2, 0.25) is 5.91 Å². The number of carbonyl (C=O) groups excluding carboxylic acids is 1. The van der Waals surface area contributed by atoms with Gasteiger partial charge in [0.15, 0.2) is 0 Å². The third-order valence-corrected chi connectivity index (χ3v) is 4.57. The summed E-state index contributed by atoms with van der Waals surface area (Å²) in [5.41, 5.74) is 2.23. The molecule has 0 aliphatic carbocycles. The Hall–Kier alpha value is -1.84. The number of hydrogen-bond donors (Lipinski definition) is 0. The number of amides is 1. The topological polar surface area (TPSA) is 38.1 Å². The van der Waals surface area contributed by atoms with Crippen molar-refractivity contribution in [2.45, 2.75) is 52.6 Å². The molecule has 0 radical (unpaired) electrons. The zero-order valence-corrected chi connectivity index (χ0v) is 13.7. The number of carbonyl (C=O) groups is 1. The Balaban J connectivity index is 2.03. The van der Waals surface area contributed by atoms with Crippen LogP contribution >= 0.6 is 0 Å². The molecule has 4 heteroatoms. The zero-order valence-electron chi connectivity index (χ0n) is 13.7. The number of nitrogens with zero attached hydrogens (tertiary/aromatic N) is 3. The lowest BCUT2D eigenvalue weighted by Crippen LogP contribution is -2.30. The van der Waals surface area contributed by atoms with E-state index in [2.05, 4.69) is 36.6 Å². The molecule has 1 saturated heterocycles. The second kappa shape index (κ2) is 6.11. The van der Waals surface area contributed by atoms with Gasteiger partial charge >= 0.3 is 0 Å². The van der Waals surface area contributed by atoms with E-state index < -0.39 is 0 Å². The molecule has 3 rings (SSSR count).